The van der Waals surface area contributed by atoms with Crippen LogP contribution in [0.15, 0.2) is 39.9 Å². The van der Waals surface area contributed by atoms with Crippen molar-refractivity contribution in [1.82, 2.24) is 10.7 Å². The summed E-state index contributed by atoms with van der Waals surface area (Å²) in [4.78, 5) is 27.2. The number of benzene rings is 1. The van der Waals surface area contributed by atoms with E-state index in [-0.39, 0.29) is 10.9 Å². The Morgan fingerprint density at radius 3 is 2.55 bits per heavy atom. The minimum Gasteiger partial charge on any atom is -0.440 e. The highest BCUT2D eigenvalue weighted by Crippen LogP contribution is 2.23. The van der Waals surface area contributed by atoms with Crippen molar-refractivity contribution in [2.24, 2.45) is 11.0 Å². The first-order valence-electron chi connectivity index (χ1n) is 9.86. The lowest BCUT2D eigenvalue weighted by Crippen LogP contribution is -2.48. The zero-order chi connectivity index (χ0) is 22.4. The summed E-state index contributed by atoms with van der Waals surface area (Å²) in [7, 11) is 0. The van der Waals surface area contributed by atoms with Crippen molar-refractivity contribution in [3.05, 3.63) is 51.7 Å². The largest absolute Gasteiger partial charge is 0.440 e. The average Bonchev–Trinajstić information content (AvgIpc) is 3.23. The molecule has 1 aliphatic heterocycles. The molecule has 1 unspecified atom stereocenters. The summed E-state index contributed by atoms with van der Waals surface area (Å²) in [6.07, 6.45) is 1.42. The van der Waals surface area contributed by atoms with Crippen LogP contribution in [0.25, 0.3) is 0 Å². The maximum absolute atomic E-state index is 12.6. The van der Waals surface area contributed by atoms with Crippen LogP contribution in [0.4, 0.5) is 5.88 Å². The molecule has 1 fully saturated rings. The van der Waals surface area contributed by atoms with Crippen LogP contribution in [0.1, 0.15) is 30.0 Å². The van der Waals surface area contributed by atoms with E-state index in [1.807, 2.05) is 19.9 Å². The highest BCUT2D eigenvalue weighted by molar-refractivity contribution is 6.42. The topological polar surface area (TPSA) is 96.2 Å². The number of hydrogen-bond acceptors (Lipinski definition) is 6. The number of hydrazone groups is 1. The number of ether oxygens (including phenoxy) is 1. The fraction of sp³-hybridized carbons (Fsp3) is 0.381. The standard InChI is InChI=1S/C21H24Cl2N4O4/c1-13(2)19(25-20(28)14-3-5-16(22)17(23)11-14)21(29)26-24-12-15-4-6-18(31-15)27-7-9-30-10-8-27/h3-6,11-13,19H,7-10H2,1-2H3,(H,25,28)(H,26,29). The van der Waals surface area contributed by atoms with Gasteiger partial charge in [0.05, 0.1) is 29.5 Å². The summed E-state index contributed by atoms with van der Waals surface area (Å²) in [6, 6.07) is 7.35. The van der Waals surface area contributed by atoms with Gasteiger partial charge in [0, 0.05) is 24.7 Å². The van der Waals surface area contributed by atoms with Crippen LogP contribution >= 0.6 is 23.2 Å². The van der Waals surface area contributed by atoms with Crippen LogP contribution in [-0.4, -0.2) is 50.4 Å². The van der Waals surface area contributed by atoms with Crippen molar-refractivity contribution >= 4 is 47.1 Å². The minimum absolute atomic E-state index is 0.168. The zero-order valence-corrected chi connectivity index (χ0v) is 18.7. The van der Waals surface area contributed by atoms with E-state index in [1.165, 1.54) is 18.3 Å². The van der Waals surface area contributed by atoms with Gasteiger partial charge < -0.3 is 19.4 Å². The van der Waals surface area contributed by atoms with Crippen molar-refractivity contribution in [2.75, 3.05) is 31.2 Å². The van der Waals surface area contributed by atoms with Crippen LogP contribution in [-0.2, 0) is 9.53 Å². The molecular formula is C21H24Cl2N4O4. The first kappa shape index (κ1) is 23.1. The third-order valence-electron chi connectivity index (χ3n) is 4.72. The summed E-state index contributed by atoms with van der Waals surface area (Å²) >= 11 is 11.9. The van der Waals surface area contributed by atoms with Crippen molar-refractivity contribution < 1.29 is 18.7 Å². The van der Waals surface area contributed by atoms with E-state index in [4.69, 9.17) is 32.4 Å². The fourth-order valence-electron chi connectivity index (χ4n) is 2.99. The monoisotopic (exact) mass is 466 g/mol. The molecule has 0 bridgehead atoms. The van der Waals surface area contributed by atoms with Crippen LogP contribution < -0.4 is 15.6 Å². The average molecular weight is 467 g/mol. The molecule has 0 saturated carbocycles. The molecular weight excluding hydrogens is 443 g/mol. The number of rotatable bonds is 7. The quantitative estimate of drug-likeness (QED) is 0.481. The molecule has 2 heterocycles. The lowest BCUT2D eigenvalue weighted by Gasteiger charge is -2.26. The molecule has 0 aliphatic carbocycles. The second-order valence-corrected chi connectivity index (χ2v) is 8.15. The maximum Gasteiger partial charge on any atom is 0.262 e. The van der Waals surface area contributed by atoms with Gasteiger partial charge in [0.1, 0.15) is 11.8 Å². The Morgan fingerprint density at radius 2 is 1.87 bits per heavy atom. The van der Waals surface area contributed by atoms with E-state index in [1.54, 1.807) is 12.1 Å². The number of morpholine rings is 1. The molecule has 2 aromatic rings. The van der Waals surface area contributed by atoms with Gasteiger partial charge in [-0.25, -0.2) is 5.43 Å². The van der Waals surface area contributed by atoms with E-state index in [0.717, 1.165) is 19.0 Å². The molecule has 1 aliphatic rings. The molecule has 1 aromatic heterocycles. The van der Waals surface area contributed by atoms with Gasteiger partial charge >= 0.3 is 0 Å². The third kappa shape index (κ3) is 6.22. The summed E-state index contributed by atoms with van der Waals surface area (Å²) in [5.74, 6) is 0.184. The molecule has 3 rings (SSSR count). The minimum atomic E-state index is -0.792. The second-order valence-electron chi connectivity index (χ2n) is 7.33. The van der Waals surface area contributed by atoms with Gasteiger partial charge in [0.15, 0.2) is 5.88 Å². The first-order chi connectivity index (χ1) is 14.8. The summed E-state index contributed by atoms with van der Waals surface area (Å²) in [5, 5.41) is 7.28. The third-order valence-corrected chi connectivity index (χ3v) is 5.46. The number of amides is 2. The highest BCUT2D eigenvalue weighted by Gasteiger charge is 2.25. The van der Waals surface area contributed by atoms with E-state index in [2.05, 4.69) is 20.7 Å². The van der Waals surface area contributed by atoms with Crippen LogP contribution in [0.3, 0.4) is 0 Å². The van der Waals surface area contributed by atoms with Crippen molar-refractivity contribution in [1.29, 1.82) is 0 Å². The van der Waals surface area contributed by atoms with Crippen molar-refractivity contribution in [3.8, 4) is 0 Å². The highest BCUT2D eigenvalue weighted by atomic mass is 35.5. The Bertz CT molecular complexity index is 955. The fourth-order valence-corrected chi connectivity index (χ4v) is 3.29. The van der Waals surface area contributed by atoms with Gasteiger partial charge in [0.25, 0.3) is 11.8 Å². The maximum atomic E-state index is 12.6. The van der Waals surface area contributed by atoms with E-state index >= 15 is 0 Å². The van der Waals surface area contributed by atoms with Crippen molar-refractivity contribution in [2.45, 2.75) is 19.9 Å². The van der Waals surface area contributed by atoms with E-state index < -0.39 is 17.9 Å². The predicted molar refractivity (Wildman–Crippen MR) is 120 cm³/mol. The molecule has 0 spiro atoms. The number of nitrogens with zero attached hydrogens (tertiary/aromatic N) is 2. The van der Waals surface area contributed by atoms with E-state index in [0.29, 0.717) is 29.6 Å². The van der Waals surface area contributed by atoms with Crippen LogP contribution in [0, 0.1) is 5.92 Å². The normalized spacial score (nSPS) is 15.3. The number of furan rings is 1. The van der Waals surface area contributed by atoms with Crippen LogP contribution in [0.2, 0.25) is 10.0 Å². The Balaban J connectivity index is 1.58. The van der Waals surface area contributed by atoms with Gasteiger partial charge in [-0.3, -0.25) is 9.59 Å². The molecule has 1 atom stereocenters. The number of nitrogens with one attached hydrogen (secondary N) is 2. The Morgan fingerprint density at radius 1 is 1.13 bits per heavy atom. The SMILES string of the molecule is CC(C)C(NC(=O)c1ccc(Cl)c(Cl)c1)C(=O)NN=Cc1ccc(N2CCOCC2)o1. The summed E-state index contributed by atoms with van der Waals surface area (Å²) < 4.78 is 11.1. The van der Waals surface area contributed by atoms with Gasteiger partial charge in [-0.2, -0.15) is 5.10 Å². The summed E-state index contributed by atoms with van der Waals surface area (Å²) in [5.41, 5.74) is 2.76. The number of halogens is 2. The van der Waals surface area contributed by atoms with Gasteiger partial charge in [0.2, 0.25) is 0 Å². The summed E-state index contributed by atoms with van der Waals surface area (Å²) in [6.45, 7) is 6.48. The second kappa shape index (κ2) is 10.7. The number of carbonyl (C=O) groups excluding carboxylic acids is 2. The lowest BCUT2D eigenvalue weighted by molar-refractivity contribution is -0.123. The predicted octanol–water partition coefficient (Wildman–Crippen LogP) is 3.33. The molecule has 10 heteroatoms. The molecule has 1 aromatic carbocycles. The van der Waals surface area contributed by atoms with Crippen molar-refractivity contribution in [3.63, 3.8) is 0 Å². The Hall–Kier alpha value is -2.55. The zero-order valence-electron chi connectivity index (χ0n) is 17.2. The number of carbonyl (C=O) groups is 2. The Labute approximate surface area is 190 Å². The van der Waals surface area contributed by atoms with E-state index in [9.17, 15) is 9.59 Å². The molecule has 8 nitrogen and oxygen atoms in total. The molecule has 166 valence electrons. The molecule has 31 heavy (non-hydrogen) atoms. The number of anilines is 1. The Kier molecular flexibility index (Phi) is 7.95. The van der Waals surface area contributed by atoms with Gasteiger partial charge in [-0.15, -0.1) is 0 Å². The molecule has 1 saturated heterocycles. The molecule has 2 N–H and O–H groups in total. The van der Waals surface area contributed by atoms with Crippen LogP contribution in [0.5, 0.6) is 0 Å². The number of hydrogen-bond donors (Lipinski definition) is 2. The van der Waals surface area contributed by atoms with Gasteiger partial charge in [-0.05, 0) is 30.2 Å². The van der Waals surface area contributed by atoms with Gasteiger partial charge in [-0.1, -0.05) is 37.0 Å². The molecule has 0 radical (unpaired) electrons. The first-order valence-corrected chi connectivity index (χ1v) is 10.6. The smallest absolute Gasteiger partial charge is 0.262 e. The molecule has 2 amide bonds. The lowest BCUT2D eigenvalue weighted by atomic mass is 10.0.